The fraction of sp³-hybridized carbons (Fsp3) is 1.00. The summed E-state index contributed by atoms with van der Waals surface area (Å²) < 4.78 is 25.7. The van der Waals surface area contributed by atoms with Crippen molar-refractivity contribution in [3.05, 3.63) is 0 Å². The molecule has 0 aromatic carbocycles. The zero-order valence-corrected chi connectivity index (χ0v) is 11.0. The number of halogens is 1. The Bertz CT molecular complexity index is 290. The molecule has 1 aliphatic rings. The third-order valence-corrected chi connectivity index (χ3v) is 5.29. The largest absolute Gasteiger partial charge is 0.214 e. The van der Waals surface area contributed by atoms with Gasteiger partial charge in [-0.05, 0) is 18.8 Å². The van der Waals surface area contributed by atoms with Crippen molar-refractivity contribution in [2.24, 2.45) is 5.92 Å². The number of hydrogen-bond acceptors (Lipinski definition) is 2. The van der Waals surface area contributed by atoms with Gasteiger partial charge < -0.3 is 0 Å². The number of alkyl halides is 1. The summed E-state index contributed by atoms with van der Waals surface area (Å²) in [6.45, 7) is 4.50. The SMILES string of the molecule is CC(C)CS(=O)(=O)N1CCCCC1CCl. The zero-order valence-electron chi connectivity index (χ0n) is 9.45. The number of sulfonamides is 1. The molecule has 0 amide bonds. The second kappa shape index (κ2) is 5.51. The second-order valence-corrected chi connectivity index (χ2v) is 6.86. The minimum Gasteiger partial charge on any atom is -0.212 e. The number of piperidine rings is 1. The van der Waals surface area contributed by atoms with Gasteiger partial charge in [-0.25, -0.2) is 8.42 Å². The van der Waals surface area contributed by atoms with E-state index in [1.807, 2.05) is 13.8 Å². The lowest BCUT2D eigenvalue weighted by molar-refractivity contribution is 0.270. The molecular formula is C10H20ClNO2S. The first-order valence-electron chi connectivity index (χ1n) is 5.53. The van der Waals surface area contributed by atoms with Crippen LogP contribution in [0.25, 0.3) is 0 Å². The second-order valence-electron chi connectivity index (χ2n) is 4.59. The highest BCUT2D eigenvalue weighted by Crippen LogP contribution is 2.22. The normalized spacial score (nSPS) is 24.7. The van der Waals surface area contributed by atoms with Gasteiger partial charge in [0.15, 0.2) is 0 Å². The first-order valence-corrected chi connectivity index (χ1v) is 7.67. The van der Waals surface area contributed by atoms with Crippen molar-refractivity contribution in [2.75, 3.05) is 18.2 Å². The molecule has 0 aliphatic carbocycles. The third-order valence-electron chi connectivity index (χ3n) is 2.65. The summed E-state index contributed by atoms with van der Waals surface area (Å²) in [7, 11) is -3.09. The van der Waals surface area contributed by atoms with Crippen LogP contribution in [0.5, 0.6) is 0 Å². The van der Waals surface area contributed by atoms with E-state index in [4.69, 9.17) is 11.6 Å². The van der Waals surface area contributed by atoms with Crippen LogP contribution < -0.4 is 0 Å². The number of hydrogen-bond donors (Lipinski definition) is 0. The first-order chi connectivity index (χ1) is 6.97. The van der Waals surface area contributed by atoms with E-state index in [-0.39, 0.29) is 17.7 Å². The zero-order chi connectivity index (χ0) is 11.5. The molecule has 1 heterocycles. The molecule has 1 saturated heterocycles. The van der Waals surface area contributed by atoms with E-state index < -0.39 is 10.0 Å². The van der Waals surface area contributed by atoms with Gasteiger partial charge in [-0.3, -0.25) is 0 Å². The first kappa shape index (κ1) is 13.3. The summed E-state index contributed by atoms with van der Waals surface area (Å²) in [6, 6.07) is 0.0177. The number of rotatable bonds is 4. The summed E-state index contributed by atoms with van der Waals surface area (Å²) in [5.74, 6) is 0.824. The van der Waals surface area contributed by atoms with Crippen molar-refractivity contribution in [1.82, 2.24) is 4.31 Å². The fourth-order valence-corrected chi connectivity index (χ4v) is 4.49. The van der Waals surface area contributed by atoms with E-state index in [9.17, 15) is 8.42 Å². The van der Waals surface area contributed by atoms with Gasteiger partial charge in [-0.15, -0.1) is 11.6 Å². The Morgan fingerprint density at radius 1 is 1.40 bits per heavy atom. The lowest BCUT2D eigenvalue weighted by Gasteiger charge is -2.33. The predicted molar refractivity (Wildman–Crippen MR) is 63.7 cm³/mol. The Balaban J connectivity index is 2.74. The minimum absolute atomic E-state index is 0.0177. The Morgan fingerprint density at radius 2 is 2.07 bits per heavy atom. The molecule has 1 aliphatic heterocycles. The third kappa shape index (κ3) is 3.61. The summed E-state index contributed by atoms with van der Waals surface area (Å²) in [6.07, 6.45) is 2.95. The fourth-order valence-electron chi connectivity index (χ4n) is 2.01. The van der Waals surface area contributed by atoms with Crippen LogP contribution in [0.3, 0.4) is 0 Å². The highest BCUT2D eigenvalue weighted by molar-refractivity contribution is 7.89. The Hall–Kier alpha value is 0.200. The summed E-state index contributed by atoms with van der Waals surface area (Å²) in [4.78, 5) is 0. The molecule has 0 saturated carbocycles. The average molecular weight is 254 g/mol. The average Bonchev–Trinajstić information content (AvgIpc) is 2.16. The molecule has 0 aromatic heterocycles. The van der Waals surface area contributed by atoms with Gasteiger partial charge in [0.25, 0.3) is 0 Å². The van der Waals surface area contributed by atoms with Crippen molar-refractivity contribution in [3.8, 4) is 0 Å². The molecule has 1 atom stereocenters. The van der Waals surface area contributed by atoms with Crippen molar-refractivity contribution in [1.29, 1.82) is 0 Å². The van der Waals surface area contributed by atoms with Crippen LogP contribution in [0.1, 0.15) is 33.1 Å². The highest BCUT2D eigenvalue weighted by Gasteiger charge is 2.31. The van der Waals surface area contributed by atoms with Crippen molar-refractivity contribution < 1.29 is 8.42 Å². The predicted octanol–water partition coefficient (Wildman–Crippen LogP) is 2.07. The van der Waals surface area contributed by atoms with Gasteiger partial charge in [0.05, 0.1) is 5.75 Å². The molecule has 0 bridgehead atoms. The van der Waals surface area contributed by atoms with Crippen LogP contribution >= 0.6 is 11.6 Å². The van der Waals surface area contributed by atoms with Gasteiger partial charge in [-0.2, -0.15) is 4.31 Å². The Kier molecular flexibility index (Phi) is 4.87. The molecule has 0 radical (unpaired) electrons. The molecule has 1 fully saturated rings. The lowest BCUT2D eigenvalue weighted by atomic mass is 10.1. The van der Waals surface area contributed by atoms with Crippen LogP contribution in [-0.4, -0.2) is 36.9 Å². The molecule has 15 heavy (non-hydrogen) atoms. The molecule has 5 heteroatoms. The molecule has 1 rings (SSSR count). The maximum Gasteiger partial charge on any atom is 0.214 e. The molecular weight excluding hydrogens is 234 g/mol. The summed E-state index contributed by atoms with van der Waals surface area (Å²) in [5, 5.41) is 0. The molecule has 0 aromatic rings. The van der Waals surface area contributed by atoms with Gasteiger partial charge in [0.1, 0.15) is 0 Å². The van der Waals surface area contributed by atoms with Crippen LogP contribution in [0.4, 0.5) is 0 Å². The van der Waals surface area contributed by atoms with E-state index in [1.54, 1.807) is 4.31 Å². The van der Waals surface area contributed by atoms with Gasteiger partial charge >= 0.3 is 0 Å². The van der Waals surface area contributed by atoms with E-state index in [0.29, 0.717) is 12.4 Å². The monoisotopic (exact) mass is 253 g/mol. The maximum atomic E-state index is 12.0. The van der Waals surface area contributed by atoms with Crippen LogP contribution in [0, 0.1) is 5.92 Å². The smallest absolute Gasteiger partial charge is 0.212 e. The van der Waals surface area contributed by atoms with E-state index in [2.05, 4.69) is 0 Å². The van der Waals surface area contributed by atoms with E-state index in [1.165, 1.54) is 0 Å². The van der Waals surface area contributed by atoms with Gasteiger partial charge in [-0.1, -0.05) is 20.3 Å². The maximum absolute atomic E-state index is 12.0. The van der Waals surface area contributed by atoms with Crippen LogP contribution in [0.2, 0.25) is 0 Å². The van der Waals surface area contributed by atoms with Crippen molar-refractivity contribution in [2.45, 2.75) is 39.2 Å². The highest BCUT2D eigenvalue weighted by atomic mass is 35.5. The van der Waals surface area contributed by atoms with Gasteiger partial charge in [0, 0.05) is 18.5 Å². The standard InChI is InChI=1S/C10H20ClNO2S/c1-9(2)8-15(13,14)12-6-4-3-5-10(12)7-11/h9-10H,3-8H2,1-2H3. The van der Waals surface area contributed by atoms with Crippen molar-refractivity contribution >= 4 is 21.6 Å². The number of nitrogens with zero attached hydrogens (tertiary/aromatic N) is 1. The van der Waals surface area contributed by atoms with E-state index in [0.717, 1.165) is 19.3 Å². The molecule has 0 spiro atoms. The quantitative estimate of drug-likeness (QED) is 0.720. The molecule has 3 nitrogen and oxygen atoms in total. The summed E-state index contributed by atoms with van der Waals surface area (Å²) >= 11 is 5.81. The molecule has 90 valence electrons. The van der Waals surface area contributed by atoms with Gasteiger partial charge in [0.2, 0.25) is 10.0 Å². The topological polar surface area (TPSA) is 37.4 Å². The van der Waals surface area contributed by atoms with E-state index >= 15 is 0 Å². The minimum atomic E-state index is -3.09. The Labute approximate surface area is 97.8 Å². The van der Waals surface area contributed by atoms with Crippen molar-refractivity contribution in [3.63, 3.8) is 0 Å². The molecule has 1 unspecified atom stereocenters. The molecule has 0 N–H and O–H groups in total. The van der Waals surface area contributed by atoms with Crippen LogP contribution in [0.15, 0.2) is 0 Å². The Morgan fingerprint density at radius 3 is 2.60 bits per heavy atom. The summed E-state index contributed by atoms with van der Waals surface area (Å²) in [5.41, 5.74) is 0. The lowest BCUT2D eigenvalue weighted by Crippen LogP contribution is -2.46. The van der Waals surface area contributed by atoms with Crippen LogP contribution in [-0.2, 0) is 10.0 Å².